The van der Waals surface area contributed by atoms with Crippen molar-refractivity contribution in [1.29, 1.82) is 5.41 Å². The predicted octanol–water partition coefficient (Wildman–Crippen LogP) is 1.64. The first-order chi connectivity index (χ1) is 14.5. The van der Waals surface area contributed by atoms with Crippen molar-refractivity contribution in [3.05, 3.63) is 30.1 Å². The average molecular weight is 412 g/mol. The Labute approximate surface area is 175 Å². The van der Waals surface area contributed by atoms with E-state index in [2.05, 4.69) is 16.9 Å². The van der Waals surface area contributed by atoms with E-state index in [1.807, 2.05) is 6.07 Å². The monoisotopic (exact) mass is 411 g/mol. The number of nitrogens with one attached hydrogen (secondary N) is 1. The highest BCUT2D eigenvalue weighted by Crippen LogP contribution is 2.43. The van der Waals surface area contributed by atoms with Crippen LogP contribution in [-0.4, -0.2) is 52.3 Å². The smallest absolute Gasteiger partial charge is 0.228 e. The molecule has 0 bridgehead atoms. The van der Waals surface area contributed by atoms with Crippen LogP contribution in [0, 0.1) is 5.41 Å². The fourth-order valence-corrected chi connectivity index (χ4v) is 4.74. The largest absolute Gasteiger partial charge is 0.404 e. The Kier molecular flexibility index (Phi) is 5.46. The molecule has 30 heavy (non-hydrogen) atoms. The minimum atomic E-state index is -0.747. The summed E-state index contributed by atoms with van der Waals surface area (Å²) in [4.78, 5) is 19.8. The van der Waals surface area contributed by atoms with Crippen molar-refractivity contribution >= 4 is 28.6 Å². The highest BCUT2D eigenvalue weighted by atomic mass is 16.5. The van der Waals surface area contributed by atoms with E-state index >= 15 is 0 Å². The maximum atomic E-state index is 12.8. The number of nitrogens with zero attached hydrogens (tertiary/aromatic N) is 4. The number of hydrogen-bond acceptors (Lipinski definition) is 7. The van der Waals surface area contributed by atoms with Crippen LogP contribution < -0.4 is 16.4 Å². The van der Waals surface area contributed by atoms with Gasteiger partial charge in [-0.3, -0.25) is 10.2 Å². The number of morpholine rings is 1. The third kappa shape index (κ3) is 3.32. The standard InChI is InChI=1S/C21H29N7O2/c1-14-13-30-10-9-27(14)18-11-16(21(20(24)29)6-3-2-4-7-21)15-12-25-28(19(15)26-18)17(23)5-8-22/h5,8,11-12,14,23H,2-4,6-7,9-10,13,22H2,1H3,(H2,24,29)/b8-5-,23-17?/t14-/m1/s1. The van der Waals surface area contributed by atoms with Gasteiger partial charge in [0.15, 0.2) is 5.65 Å². The number of anilines is 1. The maximum Gasteiger partial charge on any atom is 0.228 e. The molecule has 4 rings (SSSR count). The second-order valence-corrected chi connectivity index (χ2v) is 8.19. The summed E-state index contributed by atoms with van der Waals surface area (Å²) in [6, 6.07) is 2.15. The maximum absolute atomic E-state index is 12.8. The Morgan fingerprint density at radius 2 is 2.13 bits per heavy atom. The second kappa shape index (κ2) is 8.06. The van der Waals surface area contributed by atoms with Gasteiger partial charge in [0.2, 0.25) is 5.91 Å². The summed E-state index contributed by atoms with van der Waals surface area (Å²) in [7, 11) is 0. The first-order valence-electron chi connectivity index (χ1n) is 10.5. The highest BCUT2D eigenvalue weighted by molar-refractivity contribution is 6.00. The Bertz CT molecular complexity index is 991. The third-order valence-corrected chi connectivity index (χ3v) is 6.37. The summed E-state index contributed by atoms with van der Waals surface area (Å²) in [5, 5.41) is 13.5. The molecular formula is C21H29N7O2. The topological polar surface area (TPSA) is 136 Å². The summed E-state index contributed by atoms with van der Waals surface area (Å²) in [6.07, 6.45) is 8.88. The van der Waals surface area contributed by atoms with Crippen LogP contribution in [0.25, 0.3) is 11.0 Å². The molecule has 0 unspecified atom stereocenters. The molecule has 2 fully saturated rings. The van der Waals surface area contributed by atoms with Crippen LogP contribution in [0.1, 0.15) is 44.6 Å². The zero-order valence-corrected chi connectivity index (χ0v) is 17.3. The molecule has 1 amide bonds. The first kappa shape index (κ1) is 20.3. The van der Waals surface area contributed by atoms with Gasteiger partial charge in [0.1, 0.15) is 11.7 Å². The van der Waals surface area contributed by atoms with E-state index in [1.54, 1.807) is 6.20 Å². The number of carbonyl (C=O) groups excluding carboxylic acids is 1. The normalized spacial score (nSPS) is 21.9. The van der Waals surface area contributed by atoms with Crippen molar-refractivity contribution in [2.24, 2.45) is 11.5 Å². The van der Waals surface area contributed by atoms with Crippen LogP contribution >= 0.6 is 0 Å². The average Bonchev–Trinajstić information content (AvgIpc) is 3.18. The van der Waals surface area contributed by atoms with Crippen LogP contribution in [-0.2, 0) is 14.9 Å². The van der Waals surface area contributed by atoms with Crippen LogP contribution in [0.2, 0.25) is 0 Å². The Morgan fingerprint density at radius 3 is 2.80 bits per heavy atom. The fraction of sp³-hybridized carbons (Fsp3) is 0.524. The van der Waals surface area contributed by atoms with Crippen LogP contribution in [0.3, 0.4) is 0 Å². The van der Waals surface area contributed by atoms with E-state index in [1.165, 1.54) is 17.0 Å². The fourth-order valence-electron chi connectivity index (χ4n) is 4.74. The molecule has 1 saturated carbocycles. The second-order valence-electron chi connectivity index (χ2n) is 8.19. The molecular weight excluding hydrogens is 382 g/mol. The van der Waals surface area contributed by atoms with E-state index in [0.717, 1.165) is 36.0 Å². The molecule has 1 aliphatic heterocycles. The van der Waals surface area contributed by atoms with E-state index < -0.39 is 5.41 Å². The van der Waals surface area contributed by atoms with Crippen molar-refractivity contribution in [3.63, 3.8) is 0 Å². The number of pyridine rings is 1. The Balaban J connectivity index is 1.96. The molecule has 1 aliphatic carbocycles. The molecule has 1 saturated heterocycles. The van der Waals surface area contributed by atoms with Crippen molar-refractivity contribution in [2.75, 3.05) is 24.7 Å². The molecule has 0 spiro atoms. The zero-order valence-electron chi connectivity index (χ0n) is 17.3. The highest BCUT2D eigenvalue weighted by Gasteiger charge is 2.42. The Morgan fingerprint density at radius 1 is 1.37 bits per heavy atom. The van der Waals surface area contributed by atoms with Gasteiger partial charge >= 0.3 is 0 Å². The van der Waals surface area contributed by atoms with E-state index in [0.29, 0.717) is 38.2 Å². The zero-order chi connectivity index (χ0) is 21.3. The van der Waals surface area contributed by atoms with Gasteiger partial charge in [-0.2, -0.15) is 9.78 Å². The van der Waals surface area contributed by atoms with E-state index in [4.69, 9.17) is 26.6 Å². The number of rotatable bonds is 4. The summed E-state index contributed by atoms with van der Waals surface area (Å²) in [5.74, 6) is 0.557. The number of primary amides is 1. The lowest BCUT2D eigenvalue weighted by molar-refractivity contribution is -0.124. The minimum absolute atomic E-state index is 0.106. The SMILES string of the molecule is C[C@@H]1COCCN1c1cc(C2(C(N)=O)CCCCC2)c2cnn(C(=N)/C=C\N)c2n1. The summed E-state index contributed by atoms with van der Waals surface area (Å²) in [5.41, 5.74) is 12.1. The van der Waals surface area contributed by atoms with Gasteiger partial charge in [0.25, 0.3) is 0 Å². The third-order valence-electron chi connectivity index (χ3n) is 6.37. The molecule has 2 aliphatic rings. The quantitative estimate of drug-likeness (QED) is 0.517. The van der Waals surface area contributed by atoms with Crippen LogP contribution in [0.5, 0.6) is 0 Å². The minimum Gasteiger partial charge on any atom is -0.404 e. The molecule has 9 heteroatoms. The van der Waals surface area contributed by atoms with Gasteiger partial charge in [0.05, 0.1) is 30.9 Å². The number of ether oxygens (including phenoxy) is 1. The Hall–Kier alpha value is -2.94. The number of nitrogens with two attached hydrogens (primary N) is 2. The molecule has 5 N–H and O–H groups in total. The van der Waals surface area contributed by atoms with E-state index in [-0.39, 0.29) is 17.8 Å². The molecule has 0 radical (unpaired) electrons. The van der Waals surface area contributed by atoms with Gasteiger partial charge in [-0.15, -0.1) is 0 Å². The summed E-state index contributed by atoms with van der Waals surface area (Å²) >= 11 is 0. The van der Waals surface area contributed by atoms with Gasteiger partial charge in [-0.05, 0) is 43.7 Å². The van der Waals surface area contributed by atoms with Crippen molar-refractivity contribution < 1.29 is 9.53 Å². The number of carbonyl (C=O) groups is 1. The molecule has 0 aromatic carbocycles. The molecule has 160 valence electrons. The van der Waals surface area contributed by atoms with Crippen LogP contribution in [0.15, 0.2) is 24.5 Å². The lowest BCUT2D eigenvalue weighted by Crippen LogP contribution is -2.45. The van der Waals surface area contributed by atoms with Crippen molar-refractivity contribution in [2.45, 2.75) is 50.5 Å². The molecule has 2 aromatic heterocycles. The number of amides is 1. The van der Waals surface area contributed by atoms with Crippen LogP contribution in [0.4, 0.5) is 5.82 Å². The lowest BCUT2D eigenvalue weighted by Gasteiger charge is -2.38. The number of fused-ring (bicyclic) bond motifs is 1. The molecule has 9 nitrogen and oxygen atoms in total. The van der Waals surface area contributed by atoms with Gasteiger partial charge in [-0.25, -0.2) is 4.98 Å². The van der Waals surface area contributed by atoms with Gasteiger partial charge < -0.3 is 21.1 Å². The molecule has 2 aromatic rings. The predicted molar refractivity (Wildman–Crippen MR) is 116 cm³/mol. The van der Waals surface area contributed by atoms with E-state index in [9.17, 15) is 4.79 Å². The van der Waals surface area contributed by atoms with Gasteiger partial charge in [-0.1, -0.05) is 19.3 Å². The molecule has 1 atom stereocenters. The van der Waals surface area contributed by atoms with Crippen molar-refractivity contribution in [1.82, 2.24) is 14.8 Å². The molecule has 3 heterocycles. The summed E-state index contributed by atoms with van der Waals surface area (Å²) < 4.78 is 7.04. The first-order valence-corrected chi connectivity index (χ1v) is 10.5. The number of hydrogen-bond donors (Lipinski definition) is 3. The lowest BCUT2D eigenvalue weighted by atomic mass is 9.68. The summed E-state index contributed by atoms with van der Waals surface area (Å²) in [6.45, 7) is 4.02. The number of allylic oxidation sites excluding steroid dienone is 1. The van der Waals surface area contributed by atoms with Gasteiger partial charge in [0, 0.05) is 11.9 Å². The van der Waals surface area contributed by atoms with Crippen molar-refractivity contribution in [3.8, 4) is 0 Å². The number of aromatic nitrogens is 3.